The molecule has 0 aromatic rings. The first kappa shape index (κ1) is 3.03. The molecule has 2 rings (SSSR count). The van der Waals surface area contributed by atoms with Gasteiger partial charge in [0.25, 0.3) is 0 Å². The zero-order valence-electron chi connectivity index (χ0n) is 4.02. The summed E-state index contributed by atoms with van der Waals surface area (Å²) in [6.07, 6.45) is 2.95. The second-order valence-electron chi connectivity index (χ2n) is 2.38. The highest BCUT2D eigenvalue weighted by Crippen LogP contribution is 2.43. The summed E-state index contributed by atoms with van der Waals surface area (Å²) < 4.78 is 0. The van der Waals surface area contributed by atoms with E-state index in [9.17, 15) is 0 Å². The molecule has 1 nitrogen and oxygen atoms in total. The summed E-state index contributed by atoms with van der Waals surface area (Å²) in [5.41, 5.74) is 0. The Morgan fingerprint density at radius 1 is 1.33 bits per heavy atom. The zero-order valence-corrected chi connectivity index (χ0v) is 4.02. The maximum absolute atomic E-state index is 2.44. The first-order valence-electron chi connectivity index (χ1n) is 2.61. The fourth-order valence-electron chi connectivity index (χ4n) is 1.35. The average Bonchev–Trinajstić information content (AvgIpc) is 1.63. The SMILES string of the molecule is CN1C2CC[C@H]21. The predicted octanol–water partition coefficient (Wildman–Crippen LogP) is 0.463. The molecular weight excluding hydrogens is 74.1 g/mol. The summed E-state index contributed by atoms with van der Waals surface area (Å²) in [6, 6.07) is 2.06. The van der Waals surface area contributed by atoms with E-state index in [-0.39, 0.29) is 0 Å². The van der Waals surface area contributed by atoms with Crippen LogP contribution in [0.2, 0.25) is 0 Å². The second-order valence-corrected chi connectivity index (χ2v) is 2.38. The number of rotatable bonds is 0. The standard InChI is InChI=1S/C5H9N/c1-6-4-2-3-5(4)6/h4-5H,2-3H2,1H3/t4-,5?,6?/m1/s1. The highest BCUT2D eigenvalue weighted by molar-refractivity contribution is 5.08. The lowest BCUT2D eigenvalue weighted by Crippen LogP contribution is -2.04. The summed E-state index contributed by atoms with van der Waals surface area (Å²) in [6.45, 7) is 0. The first-order chi connectivity index (χ1) is 2.89. The molecule has 0 radical (unpaired) electrons. The van der Waals surface area contributed by atoms with Gasteiger partial charge in [-0.25, -0.2) is 0 Å². The Hall–Kier alpha value is -0.0400. The van der Waals surface area contributed by atoms with Gasteiger partial charge >= 0.3 is 0 Å². The number of likely N-dealkylation sites (N-methyl/N-ethyl adjacent to an activating group) is 1. The van der Waals surface area contributed by atoms with Crippen molar-refractivity contribution < 1.29 is 0 Å². The molecule has 1 heteroatoms. The molecule has 0 aromatic carbocycles. The van der Waals surface area contributed by atoms with E-state index in [2.05, 4.69) is 11.9 Å². The van der Waals surface area contributed by atoms with Crippen LogP contribution in [0.15, 0.2) is 0 Å². The second kappa shape index (κ2) is 0.648. The minimum Gasteiger partial charge on any atom is -0.297 e. The normalized spacial score (nSPS) is 62.5. The van der Waals surface area contributed by atoms with Crippen molar-refractivity contribution >= 4 is 0 Å². The van der Waals surface area contributed by atoms with Crippen LogP contribution in [0.4, 0.5) is 0 Å². The van der Waals surface area contributed by atoms with Gasteiger partial charge in [0.05, 0.1) is 0 Å². The van der Waals surface area contributed by atoms with E-state index in [1.807, 2.05) is 0 Å². The maximum atomic E-state index is 2.44. The molecule has 3 atom stereocenters. The molecule has 0 N–H and O–H groups in total. The van der Waals surface area contributed by atoms with Gasteiger partial charge in [0, 0.05) is 12.1 Å². The highest BCUT2D eigenvalue weighted by atomic mass is 15.4. The molecule has 6 heavy (non-hydrogen) atoms. The highest BCUT2D eigenvalue weighted by Gasteiger charge is 2.51. The van der Waals surface area contributed by atoms with Crippen molar-refractivity contribution in [3.63, 3.8) is 0 Å². The molecule has 0 bridgehead atoms. The van der Waals surface area contributed by atoms with Gasteiger partial charge < -0.3 is 0 Å². The monoisotopic (exact) mass is 83.1 g/mol. The molecule has 1 heterocycles. The third kappa shape index (κ3) is 0.155. The summed E-state index contributed by atoms with van der Waals surface area (Å²) in [5, 5.41) is 0. The Morgan fingerprint density at radius 2 is 1.83 bits per heavy atom. The minimum atomic E-state index is 1.03. The fourth-order valence-corrected chi connectivity index (χ4v) is 1.35. The van der Waals surface area contributed by atoms with Crippen LogP contribution in [0.1, 0.15) is 12.8 Å². The summed E-state index contributed by atoms with van der Waals surface area (Å²) in [4.78, 5) is 2.44. The van der Waals surface area contributed by atoms with E-state index < -0.39 is 0 Å². The van der Waals surface area contributed by atoms with Crippen LogP contribution in [0, 0.1) is 0 Å². The van der Waals surface area contributed by atoms with Crippen molar-refractivity contribution in [2.24, 2.45) is 0 Å². The molecule has 0 aromatic heterocycles. The van der Waals surface area contributed by atoms with Gasteiger partial charge in [0.15, 0.2) is 0 Å². The Labute approximate surface area is 37.9 Å². The van der Waals surface area contributed by atoms with Crippen LogP contribution in [0.3, 0.4) is 0 Å². The van der Waals surface area contributed by atoms with Gasteiger partial charge in [-0.1, -0.05) is 0 Å². The molecule has 0 amide bonds. The fraction of sp³-hybridized carbons (Fsp3) is 1.00. The van der Waals surface area contributed by atoms with Crippen LogP contribution in [-0.4, -0.2) is 24.0 Å². The van der Waals surface area contributed by atoms with Crippen molar-refractivity contribution in [1.82, 2.24) is 4.90 Å². The van der Waals surface area contributed by atoms with Crippen LogP contribution in [-0.2, 0) is 0 Å². The number of hydrogen-bond donors (Lipinski definition) is 0. The number of nitrogens with zero attached hydrogens (tertiary/aromatic N) is 1. The van der Waals surface area contributed by atoms with Gasteiger partial charge in [-0.15, -0.1) is 0 Å². The van der Waals surface area contributed by atoms with E-state index in [0.29, 0.717) is 0 Å². The molecule has 2 unspecified atom stereocenters. The Balaban J connectivity index is 2.11. The van der Waals surface area contributed by atoms with Crippen LogP contribution >= 0.6 is 0 Å². The summed E-state index contributed by atoms with van der Waals surface area (Å²) in [7, 11) is 2.21. The molecule has 1 saturated heterocycles. The summed E-state index contributed by atoms with van der Waals surface area (Å²) >= 11 is 0. The Morgan fingerprint density at radius 3 is 1.83 bits per heavy atom. The number of fused-ring (bicyclic) bond motifs is 1. The molecule has 1 saturated carbocycles. The van der Waals surface area contributed by atoms with Crippen molar-refractivity contribution in [3.05, 3.63) is 0 Å². The minimum absolute atomic E-state index is 1.03. The maximum Gasteiger partial charge on any atom is 0.0252 e. The Kier molecular flexibility index (Phi) is 0.327. The van der Waals surface area contributed by atoms with Crippen molar-refractivity contribution in [2.45, 2.75) is 24.9 Å². The zero-order chi connectivity index (χ0) is 4.15. The van der Waals surface area contributed by atoms with E-state index in [4.69, 9.17) is 0 Å². The lowest BCUT2D eigenvalue weighted by Gasteiger charge is -2.00. The molecule has 34 valence electrons. The van der Waals surface area contributed by atoms with Crippen molar-refractivity contribution in [2.75, 3.05) is 7.05 Å². The van der Waals surface area contributed by atoms with Crippen molar-refractivity contribution in [1.29, 1.82) is 0 Å². The van der Waals surface area contributed by atoms with Crippen LogP contribution in [0.5, 0.6) is 0 Å². The molecule has 2 aliphatic rings. The van der Waals surface area contributed by atoms with E-state index >= 15 is 0 Å². The van der Waals surface area contributed by atoms with Gasteiger partial charge in [0.1, 0.15) is 0 Å². The van der Waals surface area contributed by atoms with E-state index in [1.54, 1.807) is 0 Å². The van der Waals surface area contributed by atoms with Gasteiger partial charge in [-0.05, 0) is 19.9 Å². The number of likely N-dealkylation sites (tertiary alicyclic amines) is 1. The predicted molar refractivity (Wildman–Crippen MR) is 24.6 cm³/mol. The quantitative estimate of drug-likeness (QED) is 0.384. The van der Waals surface area contributed by atoms with Gasteiger partial charge in [-0.2, -0.15) is 0 Å². The van der Waals surface area contributed by atoms with Crippen LogP contribution in [0.25, 0.3) is 0 Å². The average molecular weight is 83.1 g/mol. The van der Waals surface area contributed by atoms with Gasteiger partial charge in [0.2, 0.25) is 0 Å². The Bertz CT molecular complexity index is 63.3. The summed E-state index contributed by atoms with van der Waals surface area (Å²) in [5.74, 6) is 0. The third-order valence-electron chi connectivity index (χ3n) is 2.16. The molecule has 1 aliphatic heterocycles. The lowest BCUT2D eigenvalue weighted by atomic mass is 10.0. The first-order valence-corrected chi connectivity index (χ1v) is 2.61. The van der Waals surface area contributed by atoms with E-state index in [0.717, 1.165) is 12.1 Å². The van der Waals surface area contributed by atoms with Gasteiger partial charge in [-0.3, -0.25) is 4.90 Å². The lowest BCUT2D eigenvalue weighted by molar-refractivity contribution is 0.612. The van der Waals surface area contributed by atoms with Crippen molar-refractivity contribution in [3.8, 4) is 0 Å². The molecule has 0 spiro atoms. The third-order valence-corrected chi connectivity index (χ3v) is 2.16. The molecule has 2 fully saturated rings. The number of hydrogen-bond acceptors (Lipinski definition) is 1. The topological polar surface area (TPSA) is 3.01 Å². The van der Waals surface area contributed by atoms with E-state index in [1.165, 1.54) is 12.8 Å². The largest absolute Gasteiger partial charge is 0.297 e. The van der Waals surface area contributed by atoms with Crippen LogP contribution < -0.4 is 0 Å². The smallest absolute Gasteiger partial charge is 0.0252 e. The molecular formula is C5H9N. The molecule has 1 aliphatic carbocycles.